The lowest BCUT2D eigenvalue weighted by molar-refractivity contribution is -0.126. The Morgan fingerprint density at radius 1 is 0.970 bits per heavy atom. The molecule has 1 fully saturated rings. The van der Waals surface area contributed by atoms with E-state index in [2.05, 4.69) is 57.6 Å². The van der Waals surface area contributed by atoms with Crippen LogP contribution in [0.25, 0.3) is 0 Å². The van der Waals surface area contributed by atoms with Crippen molar-refractivity contribution in [2.24, 2.45) is 0 Å². The second-order valence-corrected chi connectivity index (χ2v) is 8.59. The molecular weight excluding hydrogens is 438 g/mol. The molecule has 1 aliphatic heterocycles. The lowest BCUT2D eigenvalue weighted by Gasteiger charge is -2.39. The van der Waals surface area contributed by atoms with Crippen LogP contribution < -0.4 is 5.32 Å². The molecule has 33 heavy (non-hydrogen) atoms. The molecule has 1 N–H and O–H groups in total. The molecule has 0 bridgehead atoms. The van der Waals surface area contributed by atoms with Gasteiger partial charge in [0.2, 0.25) is 5.91 Å². The zero-order valence-corrected chi connectivity index (χ0v) is 19.4. The molecule has 1 saturated heterocycles. The SMILES string of the molecule is O=C(COCCN1CCN(C(c2ccccc2)c2ccc(Cl)cc2)CC1)NCc1ccco1. The lowest BCUT2D eigenvalue weighted by atomic mass is 9.96. The summed E-state index contributed by atoms with van der Waals surface area (Å²) in [6, 6.07) is 22.6. The molecule has 174 valence electrons. The molecule has 0 aliphatic carbocycles. The van der Waals surface area contributed by atoms with Crippen LogP contribution in [0.3, 0.4) is 0 Å². The van der Waals surface area contributed by atoms with Crippen molar-refractivity contribution in [3.63, 3.8) is 0 Å². The van der Waals surface area contributed by atoms with Gasteiger partial charge in [0, 0.05) is 37.7 Å². The van der Waals surface area contributed by atoms with Gasteiger partial charge in [-0.25, -0.2) is 0 Å². The quantitative estimate of drug-likeness (QED) is 0.457. The average Bonchev–Trinajstić information content (AvgIpc) is 3.37. The number of hydrogen-bond acceptors (Lipinski definition) is 5. The van der Waals surface area contributed by atoms with Gasteiger partial charge in [0.25, 0.3) is 0 Å². The van der Waals surface area contributed by atoms with E-state index in [1.54, 1.807) is 12.3 Å². The monoisotopic (exact) mass is 467 g/mol. The molecule has 1 aromatic heterocycles. The molecule has 0 saturated carbocycles. The smallest absolute Gasteiger partial charge is 0.246 e. The van der Waals surface area contributed by atoms with Crippen LogP contribution in [0.5, 0.6) is 0 Å². The third kappa shape index (κ3) is 6.92. The Morgan fingerprint density at radius 2 is 1.70 bits per heavy atom. The molecule has 2 aromatic carbocycles. The molecule has 1 aliphatic rings. The Kier molecular flexibility index (Phi) is 8.55. The van der Waals surface area contributed by atoms with Crippen molar-refractivity contribution in [2.45, 2.75) is 12.6 Å². The fourth-order valence-corrected chi connectivity index (χ4v) is 4.27. The zero-order chi connectivity index (χ0) is 22.9. The maximum absolute atomic E-state index is 11.9. The summed E-state index contributed by atoms with van der Waals surface area (Å²) in [6.07, 6.45) is 1.59. The van der Waals surface area contributed by atoms with Crippen LogP contribution in [-0.2, 0) is 16.1 Å². The third-order valence-corrected chi connectivity index (χ3v) is 6.15. The van der Waals surface area contributed by atoms with Gasteiger partial charge in [0.1, 0.15) is 12.4 Å². The standard InChI is InChI=1S/C26H30ClN3O3/c27-23-10-8-22(9-11-23)26(21-5-2-1-3-6-21)30-14-12-29(13-15-30)16-18-32-20-25(31)28-19-24-7-4-17-33-24/h1-11,17,26H,12-16,18-20H2,(H,28,31). The molecule has 1 unspecified atom stereocenters. The molecule has 1 amide bonds. The summed E-state index contributed by atoms with van der Waals surface area (Å²) in [7, 11) is 0. The topological polar surface area (TPSA) is 58.0 Å². The molecule has 6 nitrogen and oxygen atoms in total. The van der Waals surface area contributed by atoms with Gasteiger partial charge in [0.05, 0.1) is 25.5 Å². The van der Waals surface area contributed by atoms with Crippen LogP contribution in [0.1, 0.15) is 22.9 Å². The average molecular weight is 468 g/mol. The largest absolute Gasteiger partial charge is 0.467 e. The summed E-state index contributed by atoms with van der Waals surface area (Å²) in [4.78, 5) is 16.8. The van der Waals surface area contributed by atoms with E-state index in [-0.39, 0.29) is 18.6 Å². The van der Waals surface area contributed by atoms with E-state index in [4.69, 9.17) is 20.8 Å². The molecule has 0 radical (unpaired) electrons. The van der Waals surface area contributed by atoms with Crippen molar-refractivity contribution in [3.05, 3.63) is 94.9 Å². The van der Waals surface area contributed by atoms with E-state index < -0.39 is 0 Å². The summed E-state index contributed by atoms with van der Waals surface area (Å²) in [5.41, 5.74) is 2.54. The van der Waals surface area contributed by atoms with Gasteiger partial charge < -0.3 is 14.5 Å². The van der Waals surface area contributed by atoms with E-state index in [1.807, 2.05) is 18.2 Å². The molecule has 0 spiro atoms. The summed E-state index contributed by atoms with van der Waals surface area (Å²) < 4.78 is 10.8. The Morgan fingerprint density at radius 3 is 2.39 bits per heavy atom. The minimum atomic E-state index is -0.134. The second kappa shape index (κ2) is 12.0. The first-order chi connectivity index (χ1) is 16.2. The fraction of sp³-hybridized carbons (Fsp3) is 0.346. The highest BCUT2D eigenvalue weighted by molar-refractivity contribution is 6.30. The van der Waals surface area contributed by atoms with Crippen molar-refractivity contribution in [1.29, 1.82) is 0 Å². The van der Waals surface area contributed by atoms with Crippen LogP contribution in [0.4, 0.5) is 0 Å². The highest BCUT2D eigenvalue weighted by Gasteiger charge is 2.26. The number of halogens is 1. The summed E-state index contributed by atoms with van der Waals surface area (Å²) in [5, 5.41) is 3.54. The van der Waals surface area contributed by atoms with Crippen LogP contribution >= 0.6 is 11.6 Å². The Bertz CT molecular complexity index is 972. The third-order valence-electron chi connectivity index (χ3n) is 5.90. The van der Waals surface area contributed by atoms with E-state index in [0.29, 0.717) is 13.2 Å². The number of carbonyl (C=O) groups excluding carboxylic acids is 1. The Labute approximate surface area is 200 Å². The van der Waals surface area contributed by atoms with Crippen molar-refractivity contribution >= 4 is 17.5 Å². The summed E-state index contributed by atoms with van der Waals surface area (Å²) in [6.45, 7) is 5.65. The summed E-state index contributed by atoms with van der Waals surface area (Å²) in [5.74, 6) is 0.596. The first kappa shape index (κ1) is 23.5. The number of rotatable bonds is 10. The van der Waals surface area contributed by atoms with Gasteiger partial charge in [-0.1, -0.05) is 54.1 Å². The van der Waals surface area contributed by atoms with Gasteiger partial charge in [-0.15, -0.1) is 0 Å². The zero-order valence-electron chi connectivity index (χ0n) is 18.7. The lowest BCUT2D eigenvalue weighted by Crippen LogP contribution is -2.48. The van der Waals surface area contributed by atoms with Crippen molar-refractivity contribution in [1.82, 2.24) is 15.1 Å². The second-order valence-electron chi connectivity index (χ2n) is 8.15. The van der Waals surface area contributed by atoms with Crippen LogP contribution in [-0.4, -0.2) is 61.6 Å². The van der Waals surface area contributed by atoms with E-state index in [0.717, 1.165) is 43.5 Å². The van der Waals surface area contributed by atoms with Gasteiger partial charge in [-0.05, 0) is 35.4 Å². The van der Waals surface area contributed by atoms with Gasteiger partial charge in [-0.3, -0.25) is 14.6 Å². The number of amides is 1. The molecular formula is C26H30ClN3O3. The number of nitrogens with one attached hydrogen (secondary N) is 1. The van der Waals surface area contributed by atoms with Crippen LogP contribution in [0, 0.1) is 0 Å². The van der Waals surface area contributed by atoms with Gasteiger partial charge in [-0.2, -0.15) is 0 Å². The number of carbonyl (C=O) groups is 1. The van der Waals surface area contributed by atoms with E-state index in [1.165, 1.54) is 11.1 Å². The highest BCUT2D eigenvalue weighted by Crippen LogP contribution is 2.30. The first-order valence-corrected chi connectivity index (χ1v) is 11.7. The Hall–Kier alpha value is -2.64. The molecule has 1 atom stereocenters. The molecule has 7 heteroatoms. The molecule has 4 rings (SSSR count). The van der Waals surface area contributed by atoms with Crippen molar-refractivity contribution in [3.8, 4) is 0 Å². The predicted octanol–water partition coefficient (Wildman–Crippen LogP) is 3.97. The predicted molar refractivity (Wildman–Crippen MR) is 129 cm³/mol. The van der Waals surface area contributed by atoms with E-state index in [9.17, 15) is 4.79 Å². The van der Waals surface area contributed by atoms with Gasteiger partial charge in [0.15, 0.2) is 0 Å². The van der Waals surface area contributed by atoms with Crippen LogP contribution in [0.15, 0.2) is 77.4 Å². The van der Waals surface area contributed by atoms with Gasteiger partial charge >= 0.3 is 0 Å². The van der Waals surface area contributed by atoms with Crippen molar-refractivity contribution < 1.29 is 13.9 Å². The number of piperazine rings is 1. The van der Waals surface area contributed by atoms with Crippen LogP contribution in [0.2, 0.25) is 5.02 Å². The van der Waals surface area contributed by atoms with Crippen molar-refractivity contribution in [2.75, 3.05) is 45.9 Å². The van der Waals surface area contributed by atoms with E-state index >= 15 is 0 Å². The summed E-state index contributed by atoms with van der Waals surface area (Å²) >= 11 is 6.13. The Balaban J connectivity index is 1.22. The number of ether oxygens (including phenoxy) is 1. The first-order valence-electron chi connectivity index (χ1n) is 11.3. The fourth-order valence-electron chi connectivity index (χ4n) is 4.15. The normalized spacial score (nSPS) is 15.9. The highest BCUT2D eigenvalue weighted by atomic mass is 35.5. The number of benzene rings is 2. The molecule has 2 heterocycles. The number of hydrogen-bond donors (Lipinski definition) is 1. The minimum Gasteiger partial charge on any atom is -0.467 e. The maximum Gasteiger partial charge on any atom is 0.246 e. The maximum atomic E-state index is 11.9. The minimum absolute atomic E-state index is 0.0628. The number of nitrogens with zero attached hydrogens (tertiary/aromatic N) is 2. The molecule has 3 aromatic rings. The number of furan rings is 1.